The first-order chi connectivity index (χ1) is 10.0. The van der Waals surface area contributed by atoms with Gasteiger partial charge in [-0.15, -0.1) is 0 Å². The van der Waals surface area contributed by atoms with Crippen LogP contribution in [0.5, 0.6) is 0 Å². The number of fused-ring (bicyclic) bond motifs is 1. The van der Waals surface area contributed by atoms with Crippen molar-refractivity contribution >= 4 is 17.0 Å². The Hall–Kier alpha value is -1.84. The van der Waals surface area contributed by atoms with Crippen LogP contribution in [0.2, 0.25) is 0 Å². The largest absolute Gasteiger partial charge is 0.478 e. The van der Waals surface area contributed by atoms with Crippen molar-refractivity contribution in [2.75, 3.05) is 0 Å². The predicted octanol–water partition coefficient (Wildman–Crippen LogP) is 4.15. The molecule has 0 amide bonds. The van der Waals surface area contributed by atoms with Crippen LogP contribution in [-0.4, -0.2) is 20.6 Å². The van der Waals surface area contributed by atoms with Crippen LogP contribution in [0.4, 0.5) is 0 Å². The van der Waals surface area contributed by atoms with E-state index >= 15 is 0 Å². The molecule has 1 aliphatic carbocycles. The van der Waals surface area contributed by atoms with E-state index < -0.39 is 5.97 Å². The molecule has 0 radical (unpaired) electrons. The van der Waals surface area contributed by atoms with E-state index in [1.54, 1.807) is 6.07 Å². The molecule has 0 atom stereocenters. The van der Waals surface area contributed by atoms with Crippen LogP contribution in [0.25, 0.3) is 11.0 Å². The van der Waals surface area contributed by atoms with Crippen LogP contribution in [0.15, 0.2) is 18.2 Å². The summed E-state index contributed by atoms with van der Waals surface area (Å²) in [4.78, 5) is 16.2. The van der Waals surface area contributed by atoms with Crippen LogP contribution in [0.3, 0.4) is 0 Å². The second-order valence-electron chi connectivity index (χ2n) is 6.26. The first kappa shape index (κ1) is 14.1. The maximum absolute atomic E-state index is 11.5. The van der Waals surface area contributed by atoms with E-state index in [-0.39, 0.29) is 5.54 Å². The molecular formula is C17H22N2O2. The Labute approximate surface area is 124 Å². The van der Waals surface area contributed by atoms with Crippen LogP contribution < -0.4 is 0 Å². The third kappa shape index (κ3) is 2.13. The molecule has 0 unspecified atom stereocenters. The second kappa shape index (κ2) is 4.86. The van der Waals surface area contributed by atoms with Crippen LogP contribution >= 0.6 is 0 Å². The molecule has 1 fully saturated rings. The smallest absolute Gasteiger partial charge is 0.337 e. The fourth-order valence-corrected chi connectivity index (χ4v) is 3.04. The van der Waals surface area contributed by atoms with Crippen LogP contribution in [0, 0.1) is 0 Å². The van der Waals surface area contributed by atoms with Gasteiger partial charge < -0.3 is 9.67 Å². The Morgan fingerprint density at radius 1 is 1.38 bits per heavy atom. The highest BCUT2D eigenvalue weighted by molar-refractivity contribution is 6.01. The van der Waals surface area contributed by atoms with Gasteiger partial charge in [-0.25, -0.2) is 9.78 Å². The summed E-state index contributed by atoms with van der Waals surface area (Å²) in [5, 5.41) is 9.41. The van der Waals surface area contributed by atoms with Crippen LogP contribution in [-0.2, 0) is 5.54 Å². The molecule has 0 aliphatic heterocycles. The second-order valence-corrected chi connectivity index (χ2v) is 6.26. The molecular weight excluding hydrogens is 264 g/mol. The van der Waals surface area contributed by atoms with Gasteiger partial charge >= 0.3 is 5.97 Å². The summed E-state index contributed by atoms with van der Waals surface area (Å²) in [6.45, 7) is 6.62. The minimum absolute atomic E-state index is 0.0101. The highest BCUT2D eigenvalue weighted by atomic mass is 16.4. The quantitative estimate of drug-likeness (QED) is 0.898. The molecule has 2 aromatic rings. The van der Waals surface area contributed by atoms with Gasteiger partial charge in [0.1, 0.15) is 11.3 Å². The lowest BCUT2D eigenvalue weighted by atomic mass is 9.94. The Balaban J connectivity index is 2.33. The number of carbonyl (C=O) groups is 1. The maximum Gasteiger partial charge on any atom is 0.337 e. The number of hydrogen-bond donors (Lipinski definition) is 1. The highest BCUT2D eigenvalue weighted by Crippen LogP contribution is 2.44. The molecule has 1 saturated carbocycles. The Kier molecular flexibility index (Phi) is 3.27. The number of nitrogens with zero attached hydrogens (tertiary/aromatic N) is 2. The number of aromatic nitrogens is 2. The lowest BCUT2D eigenvalue weighted by molar-refractivity contribution is 0.0699. The first-order valence-corrected chi connectivity index (χ1v) is 7.77. The summed E-state index contributed by atoms with van der Waals surface area (Å²) < 4.78 is 2.31. The molecule has 1 N–H and O–H groups in total. The average molecular weight is 286 g/mol. The number of para-hydroxylation sites is 1. The molecule has 0 spiro atoms. The third-order valence-electron chi connectivity index (χ3n) is 4.95. The Morgan fingerprint density at radius 2 is 2.05 bits per heavy atom. The SMILES string of the molecule is CCC(C)(CC)n1c(C2CC2)nc2c(C(=O)O)cccc21. The number of benzene rings is 1. The molecule has 21 heavy (non-hydrogen) atoms. The zero-order valence-electron chi connectivity index (χ0n) is 12.9. The zero-order chi connectivity index (χ0) is 15.2. The molecule has 0 bridgehead atoms. The summed E-state index contributed by atoms with van der Waals surface area (Å²) in [6.07, 6.45) is 4.34. The van der Waals surface area contributed by atoms with Crippen molar-refractivity contribution in [3.63, 3.8) is 0 Å². The van der Waals surface area contributed by atoms with E-state index in [1.807, 2.05) is 12.1 Å². The molecule has 1 aliphatic rings. The number of carboxylic acid groups (broad SMARTS) is 1. The van der Waals surface area contributed by atoms with Crippen molar-refractivity contribution in [1.29, 1.82) is 0 Å². The number of aromatic carboxylic acids is 1. The standard InChI is InChI=1S/C17H22N2O2/c1-4-17(3,5-2)19-13-8-6-7-12(16(20)21)14(13)18-15(19)11-9-10-11/h6-8,11H,4-5,9-10H2,1-3H3,(H,20,21). The van der Waals surface area contributed by atoms with Crippen molar-refractivity contribution in [2.24, 2.45) is 0 Å². The van der Waals surface area contributed by atoms with Crippen molar-refractivity contribution in [2.45, 2.75) is 57.9 Å². The fourth-order valence-electron chi connectivity index (χ4n) is 3.04. The van der Waals surface area contributed by atoms with Gasteiger partial charge in [0.2, 0.25) is 0 Å². The van der Waals surface area contributed by atoms with Gasteiger partial charge in [-0.05, 0) is 44.7 Å². The molecule has 3 rings (SSSR count). The third-order valence-corrected chi connectivity index (χ3v) is 4.95. The zero-order valence-corrected chi connectivity index (χ0v) is 12.9. The van der Waals surface area contributed by atoms with E-state index in [0.29, 0.717) is 17.0 Å². The summed E-state index contributed by atoms with van der Waals surface area (Å²) >= 11 is 0. The molecule has 4 nitrogen and oxygen atoms in total. The van der Waals surface area contributed by atoms with Crippen LogP contribution in [0.1, 0.15) is 68.6 Å². The van der Waals surface area contributed by atoms with Crippen molar-refractivity contribution in [3.05, 3.63) is 29.6 Å². The van der Waals surface area contributed by atoms with Gasteiger partial charge in [0.05, 0.1) is 11.1 Å². The molecule has 1 heterocycles. The van der Waals surface area contributed by atoms with E-state index in [9.17, 15) is 9.90 Å². The Morgan fingerprint density at radius 3 is 2.57 bits per heavy atom. The van der Waals surface area contributed by atoms with E-state index in [4.69, 9.17) is 4.98 Å². The van der Waals surface area contributed by atoms with Crippen molar-refractivity contribution < 1.29 is 9.90 Å². The normalized spacial score (nSPS) is 15.6. The molecule has 1 aromatic heterocycles. The molecule has 112 valence electrons. The minimum Gasteiger partial charge on any atom is -0.478 e. The fraction of sp³-hybridized carbons (Fsp3) is 0.529. The topological polar surface area (TPSA) is 55.1 Å². The monoisotopic (exact) mass is 286 g/mol. The van der Waals surface area contributed by atoms with Gasteiger partial charge in [-0.1, -0.05) is 19.9 Å². The summed E-state index contributed by atoms with van der Waals surface area (Å²) in [5.74, 6) is 0.670. The molecule has 1 aromatic carbocycles. The average Bonchev–Trinajstić information content (AvgIpc) is 3.25. The highest BCUT2D eigenvalue weighted by Gasteiger charge is 2.35. The van der Waals surface area contributed by atoms with Gasteiger partial charge in [0.25, 0.3) is 0 Å². The number of hydrogen-bond acceptors (Lipinski definition) is 2. The Bertz CT molecular complexity index is 694. The molecule has 4 heteroatoms. The predicted molar refractivity (Wildman–Crippen MR) is 82.9 cm³/mol. The van der Waals surface area contributed by atoms with E-state index in [2.05, 4.69) is 25.3 Å². The number of imidazole rings is 1. The number of carboxylic acids is 1. The van der Waals surface area contributed by atoms with Crippen molar-refractivity contribution in [3.8, 4) is 0 Å². The lowest BCUT2D eigenvalue weighted by Crippen LogP contribution is -2.30. The maximum atomic E-state index is 11.5. The number of rotatable bonds is 5. The van der Waals surface area contributed by atoms with Crippen molar-refractivity contribution in [1.82, 2.24) is 9.55 Å². The summed E-state index contributed by atoms with van der Waals surface area (Å²) in [6, 6.07) is 5.48. The minimum atomic E-state index is -0.901. The van der Waals surface area contributed by atoms with Gasteiger partial charge in [0, 0.05) is 11.5 Å². The van der Waals surface area contributed by atoms with Gasteiger partial charge in [-0.3, -0.25) is 0 Å². The summed E-state index contributed by atoms with van der Waals surface area (Å²) in [5.41, 5.74) is 1.90. The van der Waals surface area contributed by atoms with Gasteiger partial charge in [0.15, 0.2) is 0 Å². The van der Waals surface area contributed by atoms with Gasteiger partial charge in [-0.2, -0.15) is 0 Å². The first-order valence-electron chi connectivity index (χ1n) is 7.77. The van der Waals surface area contributed by atoms with E-state index in [1.165, 1.54) is 0 Å². The lowest BCUT2D eigenvalue weighted by Gasteiger charge is -2.31. The van der Waals surface area contributed by atoms with E-state index in [0.717, 1.165) is 37.0 Å². The molecule has 0 saturated heterocycles. The summed E-state index contributed by atoms with van der Waals surface area (Å²) in [7, 11) is 0.